The maximum absolute atomic E-state index is 11.9. The highest BCUT2D eigenvalue weighted by Gasteiger charge is 2.19. The molecule has 0 heterocycles. The number of anilines is 1. The van der Waals surface area contributed by atoms with Gasteiger partial charge in [-0.1, -0.05) is 36.0 Å². The first-order valence-corrected chi connectivity index (χ1v) is 6.39. The van der Waals surface area contributed by atoms with Crippen LogP contribution in [0.1, 0.15) is 36.0 Å². The van der Waals surface area contributed by atoms with Crippen molar-refractivity contribution >= 4 is 34.8 Å². The van der Waals surface area contributed by atoms with Crippen LogP contribution in [0.25, 0.3) is 0 Å². The first-order chi connectivity index (χ1) is 8.08. The van der Waals surface area contributed by atoms with E-state index in [-0.39, 0.29) is 11.9 Å². The monoisotopic (exact) mass is 272 g/mol. The third-order valence-corrected chi connectivity index (χ3v) is 3.83. The molecule has 1 aliphatic carbocycles. The lowest BCUT2D eigenvalue weighted by molar-refractivity contribution is 0.0938. The molecule has 0 radical (unpaired) electrons. The van der Waals surface area contributed by atoms with Crippen LogP contribution in [0.15, 0.2) is 12.1 Å². The van der Waals surface area contributed by atoms with Crippen molar-refractivity contribution in [3.05, 3.63) is 27.7 Å². The highest BCUT2D eigenvalue weighted by atomic mass is 35.5. The van der Waals surface area contributed by atoms with Crippen LogP contribution < -0.4 is 11.1 Å². The molecule has 0 saturated heterocycles. The summed E-state index contributed by atoms with van der Waals surface area (Å²) in [5.41, 5.74) is 6.46. The van der Waals surface area contributed by atoms with E-state index in [0.29, 0.717) is 21.3 Å². The first kappa shape index (κ1) is 12.5. The van der Waals surface area contributed by atoms with Gasteiger partial charge in [-0.3, -0.25) is 4.79 Å². The zero-order valence-electron chi connectivity index (χ0n) is 9.30. The number of rotatable bonds is 2. The molecule has 1 amide bonds. The maximum atomic E-state index is 11.9. The lowest BCUT2D eigenvalue weighted by Gasteiger charge is -2.12. The van der Waals surface area contributed by atoms with Crippen LogP contribution in [0.3, 0.4) is 0 Å². The largest absolute Gasteiger partial charge is 0.397 e. The van der Waals surface area contributed by atoms with Crippen LogP contribution in [-0.2, 0) is 0 Å². The summed E-state index contributed by atoms with van der Waals surface area (Å²) in [4.78, 5) is 11.9. The topological polar surface area (TPSA) is 55.1 Å². The molecule has 0 bridgehead atoms. The fourth-order valence-corrected chi connectivity index (χ4v) is 2.42. The Morgan fingerprint density at radius 2 is 1.94 bits per heavy atom. The van der Waals surface area contributed by atoms with Gasteiger partial charge < -0.3 is 11.1 Å². The van der Waals surface area contributed by atoms with Gasteiger partial charge in [-0.25, -0.2) is 0 Å². The Labute approximate surface area is 110 Å². The van der Waals surface area contributed by atoms with Gasteiger partial charge in [0, 0.05) is 11.6 Å². The summed E-state index contributed by atoms with van der Waals surface area (Å²) < 4.78 is 0. The molecule has 0 unspecified atom stereocenters. The van der Waals surface area contributed by atoms with Gasteiger partial charge >= 0.3 is 0 Å². The molecular formula is C12H14Cl2N2O. The standard InChI is InChI=1S/C12H14Cl2N2O/c13-9-5-7(6-10(15)11(9)14)12(17)16-8-3-1-2-4-8/h5-6,8H,1-4,15H2,(H,16,17). The van der Waals surface area contributed by atoms with E-state index >= 15 is 0 Å². The van der Waals surface area contributed by atoms with Gasteiger partial charge in [-0.15, -0.1) is 0 Å². The van der Waals surface area contributed by atoms with Crippen molar-refractivity contribution in [1.29, 1.82) is 0 Å². The average molecular weight is 273 g/mol. The van der Waals surface area contributed by atoms with Crippen LogP contribution in [0, 0.1) is 0 Å². The third kappa shape index (κ3) is 2.85. The Kier molecular flexibility index (Phi) is 3.79. The van der Waals surface area contributed by atoms with Crippen LogP contribution in [0.5, 0.6) is 0 Å². The molecule has 0 spiro atoms. The van der Waals surface area contributed by atoms with Crippen LogP contribution in [-0.4, -0.2) is 11.9 Å². The summed E-state index contributed by atoms with van der Waals surface area (Å²) in [5, 5.41) is 3.58. The van der Waals surface area contributed by atoms with E-state index in [1.807, 2.05) is 0 Å². The molecule has 0 atom stereocenters. The molecule has 1 aromatic rings. The molecule has 1 aromatic carbocycles. The fraction of sp³-hybridized carbons (Fsp3) is 0.417. The van der Waals surface area contributed by atoms with E-state index in [4.69, 9.17) is 28.9 Å². The molecular weight excluding hydrogens is 259 g/mol. The second kappa shape index (κ2) is 5.15. The smallest absolute Gasteiger partial charge is 0.251 e. The summed E-state index contributed by atoms with van der Waals surface area (Å²) in [7, 11) is 0. The number of carbonyl (C=O) groups is 1. The Bertz CT molecular complexity index is 419. The summed E-state index contributed by atoms with van der Waals surface area (Å²) in [6.07, 6.45) is 4.44. The third-order valence-electron chi connectivity index (χ3n) is 3.01. The molecule has 2 rings (SSSR count). The fourth-order valence-electron chi connectivity index (χ4n) is 2.08. The number of carbonyl (C=O) groups excluding carboxylic acids is 1. The molecule has 3 nitrogen and oxygen atoms in total. The molecule has 0 aromatic heterocycles. The number of nitrogens with two attached hydrogens (primary N) is 1. The second-order valence-electron chi connectivity index (χ2n) is 4.32. The molecule has 1 saturated carbocycles. The van der Waals surface area contributed by atoms with E-state index in [9.17, 15) is 4.79 Å². The lowest BCUT2D eigenvalue weighted by Crippen LogP contribution is -2.32. The van der Waals surface area contributed by atoms with Crippen molar-refractivity contribution < 1.29 is 4.79 Å². The number of nitrogens with one attached hydrogen (secondary N) is 1. The summed E-state index contributed by atoms with van der Waals surface area (Å²) in [6.45, 7) is 0. The number of hydrogen-bond donors (Lipinski definition) is 2. The lowest BCUT2D eigenvalue weighted by atomic mass is 10.1. The summed E-state index contributed by atoms with van der Waals surface area (Å²) in [5.74, 6) is -0.137. The van der Waals surface area contributed by atoms with Crippen molar-refractivity contribution in [3.8, 4) is 0 Å². The van der Waals surface area contributed by atoms with E-state index in [2.05, 4.69) is 5.32 Å². The highest BCUT2D eigenvalue weighted by molar-refractivity contribution is 6.43. The van der Waals surface area contributed by atoms with Gasteiger partial charge in [-0.05, 0) is 25.0 Å². The summed E-state index contributed by atoms with van der Waals surface area (Å²) in [6, 6.07) is 3.38. The van der Waals surface area contributed by atoms with Gasteiger partial charge in [0.05, 0.1) is 15.7 Å². The van der Waals surface area contributed by atoms with Gasteiger partial charge in [0.15, 0.2) is 0 Å². The minimum atomic E-state index is -0.137. The Hall–Kier alpha value is -0.930. The van der Waals surface area contributed by atoms with Crippen LogP contribution in [0.4, 0.5) is 5.69 Å². The quantitative estimate of drug-likeness (QED) is 0.813. The van der Waals surface area contributed by atoms with Crippen LogP contribution >= 0.6 is 23.2 Å². The van der Waals surface area contributed by atoms with Gasteiger partial charge in [-0.2, -0.15) is 0 Å². The van der Waals surface area contributed by atoms with Gasteiger partial charge in [0.25, 0.3) is 5.91 Å². The number of hydrogen-bond acceptors (Lipinski definition) is 2. The van der Waals surface area contributed by atoms with E-state index in [1.165, 1.54) is 12.8 Å². The first-order valence-electron chi connectivity index (χ1n) is 5.63. The average Bonchev–Trinajstić information content (AvgIpc) is 2.77. The Morgan fingerprint density at radius 3 is 2.53 bits per heavy atom. The Morgan fingerprint density at radius 1 is 1.29 bits per heavy atom. The molecule has 0 aliphatic heterocycles. The maximum Gasteiger partial charge on any atom is 0.251 e. The van der Waals surface area contributed by atoms with Crippen LogP contribution in [0.2, 0.25) is 10.0 Å². The Balaban J connectivity index is 2.13. The normalized spacial score (nSPS) is 16.1. The van der Waals surface area contributed by atoms with Gasteiger partial charge in [0.1, 0.15) is 0 Å². The minimum absolute atomic E-state index is 0.137. The van der Waals surface area contributed by atoms with Crippen molar-refractivity contribution in [2.75, 3.05) is 5.73 Å². The number of amides is 1. The van der Waals surface area contributed by atoms with Crippen molar-refractivity contribution in [3.63, 3.8) is 0 Å². The van der Waals surface area contributed by atoms with Crippen molar-refractivity contribution in [1.82, 2.24) is 5.32 Å². The number of halogens is 2. The number of nitrogen functional groups attached to an aromatic ring is 1. The highest BCUT2D eigenvalue weighted by Crippen LogP contribution is 2.29. The second-order valence-corrected chi connectivity index (χ2v) is 5.10. The van der Waals surface area contributed by atoms with Crippen molar-refractivity contribution in [2.45, 2.75) is 31.7 Å². The van der Waals surface area contributed by atoms with E-state index in [1.54, 1.807) is 12.1 Å². The zero-order valence-corrected chi connectivity index (χ0v) is 10.8. The SMILES string of the molecule is Nc1cc(C(=O)NC2CCCC2)cc(Cl)c1Cl. The molecule has 17 heavy (non-hydrogen) atoms. The number of benzene rings is 1. The van der Waals surface area contributed by atoms with Gasteiger partial charge in [0.2, 0.25) is 0 Å². The summed E-state index contributed by atoms with van der Waals surface area (Å²) >= 11 is 11.7. The minimum Gasteiger partial charge on any atom is -0.397 e. The molecule has 3 N–H and O–H groups in total. The van der Waals surface area contributed by atoms with E-state index < -0.39 is 0 Å². The molecule has 1 aliphatic rings. The molecule has 92 valence electrons. The molecule has 5 heteroatoms. The van der Waals surface area contributed by atoms with Crippen molar-refractivity contribution in [2.24, 2.45) is 0 Å². The molecule has 1 fully saturated rings. The predicted molar refractivity (Wildman–Crippen MR) is 70.6 cm³/mol. The zero-order chi connectivity index (χ0) is 12.4. The predicted octanol–water partition coefficient (Wildman–Crippen LogP) is 3.25. The van der Waals surface area contributed by atoms with E-state index in [0.717, 1.165) is 12.8 Å².